The van der Waals surface area contributed by atoms with Crippen LogP contribution in [-0.2, 0) is 49.3 Å². The summed E-state index contributed by atoms with van der Waals surface area (Å²) < 4.78 is 45.4. The minimum absolute atomic E-state index is 0.0456. The zero-order valence-corrected chi connectivity index (χ0v) is 50.2. The number of hydrogen-bond acceptors (Lipinski definition) is 16. The van der Waals surface area contributed by atoms with E-state index in [1.54, 1.807) is 52.0 Å². The number of urea groups is 1. The van der Waals surface area contributed by atoms with Crippen molar-refractivity contribution < 1.29 is 71.5 Å². The fourth-order valence-electron chi connectivity index (χ4n) is 10.1. The van der Waals surface area contributed by atoms with E-state index in [0.717, 1.165) is 28.2 Å². The number of methoxy groups -OCH3 is 2. The highest BCUT2D eigenvalue weighted by Crippen LogP contribution is 2.49. The van der Waals surface area contributed by atoms with Gasteiger partial charge < -0.3 is 70.8 Å². The number of hydrogen-bond donors (Lipinski definition) is 9. The van der Waals surface area contributed by atoms with Crippen LogP contribution in [0.3, 0.4) is 0 Å². The minimum atomic E-state index is -1.94. The number of anilines is 3. The Labute approximate surface area is 501 Å². The summed E-state index contributed by atoms with van der Waals surface area (Å²) in [5.41, 5.74) is 1.66. The summed E-state index contributed by atoms with van der Waals surface area (Å²) in [7, 11) is 4.31. The Kier molecular flexibility index (Phi) is 22.7. The molecular formula is C56H73Cl2FN10O14S. The molecule has 458 valence electrons. The lowest BCUT2D eigenvalue weighted by Gasteiger charge is -2.42. The monoisotopic (exact) mass is 1230 g/mol. The number of primary amides is 1. The zero-order chi connectivity index (χ0) is 61.8. The summed E-state index contributed by atoms with van der Waals surface area (Å²) in [5.74, 6) is -3.97. The summed E-state index contributed by atoms with van der Waals surface area (Å²) in [6.45, 7) is 9.18. The number of rotatable bonds is 21. The molecule has 0 spiro atoms. The van der Waals surface area contributed by atoms with Crippen LogP contribution in [0.15, 0.2) is 60.2 Å². The van der Waals surface area contributed by atoms with E-state index in [1.807, 2.05) is 13.0 Å². The van der Waals surface area contributed by atoms with E-state index in [0.29, 0.717) is 32.1 Å². The molecule has 4 heterocycles. The van der Waals surface area contributed by atoms with E-state index in [-0.39, 0.29) is 83.0 Å². The Morgan fingerprint density at radius 2 is 1.74 bits per heavy atom. The lowest BCUT2D eigenvalue weighted by Crippen LogP contribution is -2.63. The maximum Gasteiger partial charge on any atom is 0.412 e. The number of epoxide rings is 1. The highest BCUT2D eigenvalue weighted by atomic mass is 35.5. The van der Waals surface area contributed by atoms with Crippen LogP contribution in [0.4, 0.5) is 35.8 Å². The molecule has 6 rings (SSSR count). The molecule has 0 unspecified atom stereocenters. The number of nitrogens with two attached hydrogens (primary N) is 1. The van der Waals surface area contributed by atoms with E-state index < -0.39 is 107 Å². The molecule has 4 aliphatic heterocycles. The van der Waals surface area contributed by atoms with E-state index in [1.165, 1.54) is 38.3 Å². The van der Waals surface area contributed by atoms with Crippen molar-refractivity contribution >= 4 is 106 Å². The first-order chi connectivity index (χ1) is 39.7. The van der Waals surface area contributed by atoms with Crippen LogP contribution in [-0.4, -0.2) is 158 Å². The van der Waals surface area contributed by atoms with Gasteiger partial charge in [0.15, 0.2) is 10.8 Å². The number of ether oxygens (including phenoxy) is 5. The Morgan fingerprint density at radius 3 is 2.39 bits per heavy atom. The molecule has 10 N–H and O–H groups in total. The highest BCUT2D eigenvalue weighted by molar-refractivity contribution is 7.80. The third kappa shape index (κ3) is 16.5. The number of carbonyl (C=O) groups excluding carboxylic acids is 8. The summed E-state index contributed by atoms with van der Waals surface area (Å²) in [6.07, 6.45) is 2.80. The fraction of sp³-hybridized carbons (Fsp3) is 0.518. The number of nitrogens with zero attached hydrogens (tertiary/aromatic N) is 2. The predicted molar refractivity (Wildman–Crippen MR) is 314 cm³/mol. The first kappa shape index (κ1) is 66.2. The first-order valence-corrected chi connectivity index (χ1v) is 28.3. The maximum atomic E-state index is 16.2. The Hall–Kier alpha value is -6.94. The van der Waals surface area contributed by atoms with Gasteiger partial charge in [0.05, 0.1) is 47.8 Å². The Bertz CT molecular complexity index is 2940. The molecule has 0 radical (unpaired) electrons. The molecule has 9 atom stereocenters. The van der Waals surface area contributed by atoms with Crippen molar-refractivity contribution in [3.8, 4) is 5.75 Å². The van der Waals surface area contributed by atoms with Crippen LogP contribution in [0.2, 0.25) is 10.0 Å². The molecule has 0 aliphatic carbocycles. The molecule has 2 aromatic rings. The molecule has 0 saturated carbocycles. The number of nitrogens with one attached hydrogen (secondary N) is 7. The van der Waals surface area contributed by atoms with Crippen molar-refractivity contribution in [2.45, 2.75) is 127 Å². The Morgan fingerprint density at radius 1 is 1.04 bits per heavy atom. The van der Waals surface area contributed by atoms with Crippen molar-refractivity contribution in [1.82, 2.24) is 31.5 Å². The van der Waals surface area contributed by atoms with Gasteiger partial charge in [-0.25, -0.2) is 18.8 Å². The minimum Gasteiger partial charge on any atom is -0.495 e. The average molecular weight is 1230 g/mol. The van der Waals surface area contributed by atoms with Crippen LogP contribution in [0, 0.1) is 17.7 Å². The van der Waals surface area contributed by atoms with Gasteiger partial charge in [-0.1, -0.05) is 67.8 Å². The first-order valence-electron chi connectivity index (χ1n) is 27.2. The number of alkyl carbamates (subject to hydrolysis) is 1. The van der Waals surface area contributed by atoms with Crippen LogP contribution in [0.1, 0.15) is 78.7 Å². The van der Waals surface area contributed by atoms with E-state index >= 15 is 4.39 Å². The van der Waals surface area contributed by atoms with Gasteiger partial charge in [0.25, 0.3) is 11.8 Å². The third-order valence-electron chi connectivity index (χ3n) is 15.3. The van der Waals surface area contributed by atoms with Gasteiger partial charge in [-0.05, 0) is 87.8 Å². The van der Waals surface area contributed by atoms with E-state index in [9.17, 15) is 43.5 Å². The molecule has 4 aliphatic rings. The number of amides is 8. The van der Waals surface area contributed by atoms with Crippen molar-refractivity contribution in [2.24, 2.45) is 17.6 Å². The molecule has 28 heteroatoms. The molecular weight excluding hydrogens is 1160 g/mol. The molecule has 8 amide bonds. The van der Waals surface area contributed by atoms with E-state index in [2.05, 4.69) is 37.2 Å². The summed E-state index contributed by atoms with van der Waals surface area (Å²) in [4.78, 5) is 106. The lowest BCUT2D eigenvalue weighted by atomic mass is 9.83. The van der Waals surface area contributed by atoms with E-state index in [4.69, 9.17) is 64.8 Å². The van der Waals surface area contributed by atoms with Crippen LogP contribution >= 0.6 is 35.4 Å². The highest BCUT2D eigenvalue weighted by Gasteiger charge is 2.64. The largest absolute Gasteiger partial charge is 0.495 e. The van der Waals surface area contributed by atoms with Crippen LogP contribution in [0.25, 0.3) is 0 Å². The molecule has 2 fully saturated rings. The number of unbranched alkanes of at least 4 members (excludes halogenated alkanes) is 1. The van der Waals surface area contributed by atoms with Crippen LogP contribution in [0.5, 0.6) is 5.75 Å². The van der Waals surface area contributed by atoms with Crippen molar-refractivity contribution in [3.05, 3.63) is 81.6 Å². The molecule has 24 nitrogen and oxygen atoms in total. The summed E-state index contributed by atoms with van der Waals surface area (Å²) in [5, 5.41) is 30.9. The van der Waals surface area contributed by atoms with Crippen molar-refractivity contribution in [1.29, 1.82) is 0 Å². The van der Waals surface area contributed by atoms with Gasteiger partial charge in [-0.15, -0.1) is 0 Å². The Balaban J connectivity index is 1.19. The average Bonchev–Trinajstić information content (AvgIpc) is 1.77. The third-order valence-corrected chi connectivity index (χ3v) is 16.2. The maximum absolute atomic E-state index is 16.2. The van der Waals surface area contributed by atoms with Gasteiger partial charge in [0.2, 0.25) is 11.8 Å². The zero-order valence-electron chi connectivity index (χ0n) is 47.9. The van der Waals surface area contributed by atoms with Gasteiger partial charge in [-0.2, -0.15) is 0 Å². The number of allylic oxidation sites excluding steroid dienone is 3. The molecule has 0 aromatic heterocycles. The molecule has 2 saturated heterocycles. The van der Waals surface area contributed by atoms with Crippen molar-refractivity contribution in [2.75, 3.05) is 63.0 Å². The number of benzene rings is 2. The SMILES string of the molecule is COc1cc2cc(c1Cl)N(C)C(=O)C[C@H](OC(=O)Nc1cc(F)c(NC(=O)[C@H](CCCNC(N)=O)NC[C@@](C=O)(NC(=S)NCCCCN3C(=O)C=CC3=O)C(C)C)cc1Cl)[C@]1(C)O[C@H]1[C@H](C)[C@@H]1C[C@@](O)(NC(=O)O1)[C@H](OC)/C=C/C=C(\C)C2. The second-order valence-corrected chi connectivity index (χ2v) is 22.7. The quantitative estimate of drug-likeness (QED) is 0.0253. The number of thiocarbonyl (C=S) groups is 1. The number of carbonyl (C=O) groups is 8. The molecule has 2 aromatic carbocycles. The number of aldehydes is 1. The van der Waals surface area contributed by atoms with Gasteiger partial charge in [-0.3, -0.25) is 34.7 Å². The molecule has 84 heavy (non-hydrogen) atoms. The smallest absolute Gasteiger partial charge is 0.412 e. The second kappa shape index (κ2) is 28.8. The lowest BCUT2D eigenvalue weighted by molar-refractivity contribution is -0.142. The molecule has 4 bridgehead atoms. The second-order valence-electron chi connectivity index (χ2n) is 21.5. The van der Waals surface area contributed by atoms with Gasteiger partial charge >= 0.3 is 18.2 Å². The summed E-state index contributed by atoms with van der Waals surface area (Å²) >= 11 is 19.0. The number of aliphatic hydroxyl groups is 1. The standard InChI is InChI=1S/C56H73Cl2FN10O14S/c1-30(2)55(29-70,66-51(84)62-18-9-10-20-69-44(71)16-17-45(69)72)28-63-36(14-12-19-61-50(60)75)49(74)64-38-24-34(57)37(25-35(38)59)65-52(76)82-43-26-46(73)68(6)39-22-33(23-40(79-7)47(39)58)21-31(3)13-11-15-42(80-8)56(78)27-41(81-53(77)67-56)32(4)48-54(43,5)83-48/h11,13,15-17,22-25,29-30,32,36,41-43,48,63,78H,9-10,12,14,18-21,26-28H2,1-8H3,(H,64,74)(H,65,76)(H,67,77)(H3,60,61,75)(H2,62,66,84)/b15-11+,31-13+/t32-,36+,41+,42-,43+,48+,54+,55+,56+/m1/s1. The normalized spacial score (nSPS) is 25.4. The predicted octanol–water partition coefficient (Wildman–Crippen LogP) is 5.27. The number of imide groups is 1. The van der Waals surface area contributed by atoms with Gasteiger partial charge in [0.1, 0.15) is 52.3 Å². The topological polar surface area (TPSA) is 323 Å². The van der Waals surface area contributed by atoms with Gasteiger partial charge in [0, 0.05) is 70.9 Å². The summed E-state index contributed by atoms with van der Waals surface area (Å²) in [6, 6.07) is 3.43. The fourth-order valence-corrected chi connectivity index (χ4v) is 10.9. The van der Waals surface area contributed by atoms with Crippen molar-refractivity contribution in [3.63, 3.8) is 0 Å². The number of fused-ring (bicyclic) bond motifs is 5. The van der Waals surface area contributed by atoms with Crippen LogP contribution < -0.4 is 52.6 Å². The number of halogens is 3.